The minimum atomic E-state index is 1.05. The summed E-state index contributed by atoms with van der Waals surface area (Å²) in [6.07, 6.45) is 14.8. The van der Waals surface area contributed by atoms with Gasteiger partial charge in [-0.25, -0.2) is 0 Å². The Balaban J connectivity index is 2.95. The van der Waals surface area contributed by atoms with E-state index in [2.05, 4.69) is 13.8 Å². The molecule has 0 N–H and O–H groups in total. The molecule has 0 spiro atoms. The first-order chi connectivity index (χ1) is 7.31. The molecular weight excluding hydrogens is 179 g/mol. The number of hydrogen-bond donors (Lipinski definition) is 0. The Morgan fingerprint density at radius 2 is 1.20 bits per heavy atom. The van der Waals surface area contributed by atoms with Crippen LogP contribution in [0.2, 0.25) is 0 Å². The molecule has 0 unspecified atom stereocenters. The average molecular weight is 207 g/mol. The summed E-state index contributed by atoms with van der Waals surface area (Å²) in [5.41, 5.74) is 1.18. The fraction of sp³-hybridized carbons (Fsp3) is 0.929. The van der Waals surface area contributed by atoms with E-state index >= 15 is 0 Å². The van der Waals surface area contributed by atoms with Crippen LogP contribution in [0.1, 0.15) is 84.5 Å². The predicted octanol–water partition coefficient (Wildman–Crippen LogP) is 4.66. The van der Waals surface area contributed by atoms with Gasteiger partial charge in [0.15, 0.2) is 0 Å². The van der Waals surface area contributed by atoms with Crippen molar-refractivity contribution in [2.45, 2.75) is 84.5 Å². The van der Waals surface area contributed by atoms with Gasteiger partial charge < -0.3 is 0 Å². The number of hydrogen-bond acceptors (Lipinski definition) is 0. The molecule has 0 rings (SSSR count). The van der Waals surface area contributed by atoms with Crippen LogP contribution in [0.15, 0.2) is 0 Å². The van der Waals surface area contributed by atoms with Gasteiger partial charge in [0.2, 0.25) is 0 Å². The van der Waals surface area contributed by atoms with E-state index < -0.39 is 0 Å². The van der Waals surface area contributed by atoms with E-state index in [0.717, 1.165) is 12.8 Å². The van der Waals surface area contributed by atoms with E-state index in [9.17, 15) is 0 Å². The molecular formula is C14H28B. The van der Waals surface area contributed by atoms with Gasteiger partial charge in [-0.15, -0.1) is 0 Å². The third-order valence-corrected chi connectivity index (χ3v) is 3.06. The topological polar surface area (TPSA) is 0 Å². The van der Waals surface area contributed by atoms with E-state index in [1.807, 2.05) is 0 Å². The molecule has 0 atom stereocenters. The Hall–Kier alpha value is -0.0651. The SMILES string of the molecule is [B]=C(CC)CCCCCCCCCCC. The average Bonchev–Trinajstić information content (AvgIpc) is 2.26. The molecule has 0 aliphatic rings. The van der Waals surface area contributed by atoms with Crippen LogP contribution in [0.3, 0.4) is 0 Å². The molecule has 0 fully saturated rings. The van der Waals surface area contributed by atoms with Crippen molar-refractivity contribution in [2.75, 3.05) is 0 Å². The Bertz CT molecular complexity index is 140. The molecule has 0 nitrogen and oxygen atoms in total. The van der Waals surface area contributed by atoms with Crippen LogP contribution in [-0.2, 0) is 0 Å². The van der Waals surface area contributed by atoms with Crippen LogP contribution in [-0.4, -0.2) is 13.0 Å². The second kappa shape index (κ2) is 12.0. The molecule has 1 heteroatoms. The molecule has 0 bridgehead atoms. The number of rotatable bonds is 11. The molecule has 1 radical (unpaired) electrons. The van der Waals surface area contributed by atoms with Crippen molar-refractivity contribution in [1.29, 1.82) is 0 Å². The summed E-state index contributed by atoms with van der Waals surface area (Å²) in [5.74, 6) is 0. The summed E-state index contributed by atoms with van der Waals surface area (Å²) in [4.78, 5) is 0. The van der Waals surface area contributed by atoms with Gasteiger partial charge in [-0.1, -0.05) is 0 Å². The van der Waals surface area contributed by atoms with Crippen LogP contribution >= 0.6 is 0 Å². The zero-order chi connectivity index (χ0) is 11.4. The van der Waals surface area contributed by atoms with Crippen molar-refractivity contribution in [3.8, 4) is 0 Å². The zero-order valence-corrected chi connectivity index (χ0v) is 10.9. The summed E-state index contributed by atoms with van der Waals surface area (Å²) in [6.45, 7) is 4.41. The first kappa shape index (κ1) is 14.9. The molecule has 0 aromatic rings. The first-order valence-electron chi connectivity index (χ1n) is 6.91. The standard InChI is InChI=1S/C14H28B/c1-3-5-6-7-8-9-10-11-12-13-14(15)4-2/h3-13H2,1-2H3. The van der Waals surface area contributed by atoms with Crippen LogP contribution in [0, 0.1) is 0 Å². The Morgan fingerprint density at radius 3 is 1.67 bits per heavy atom. The summed E-state index contributed by atoms with van der Waals surface area (Å²) in [5, 5.41) is 0. The van der Waals surface area contributed by atoms with Crippen LogP contribution in [0.4, 0.5) is 0 Å². The van der Waals surface area contributed by atoms with Crippen molar-refractivity contribution < 1.29 is 0 Å². The maximum atomic E-state index is 5.79. The first-order valence-corrected chi connectivity index (χ1v) is 6.91. The molecule has 0 heterocycles. The van der Waals surface area contributed by atoms with Gasteiger partial charge in [0.05, 0.1) is 0 Å². The van der Waals surface area contributed by atoms with Gasteiger partial charge in [0.1, 0.15) is 0 Å². The van der Waals surface area contributed by atoms with E-state index in [1.165, 1.54) is 63.3 Å². The third-order valence-electron chi connectivity index (χ3n) is 3.06. The molecule has 15 heavy (non-hydrogen) atoms. The summed E-state index contributed by atoms with van der Waals surface area (Å²) in [6, 6.07) is 0. The molecule has 0 aromatic heterocycles. The van der Waals surface area contributed by atoms with Crippen molar-refractivity contribution in [2.24, 2.45) is 0 Å². The van der Waals surface area contributed by atoms with Gasteiger partial charge in [-0.3, -0.25) is 0 Å². The fourth-order valence-corrected chi connectivity index (χ4v) is 1.84. The number of unbranched alkanes of at least 4 members (excludes halogenated alkanes) is 8. The molecule has 0 aliphatic carbocycles. The second-order valence-electron chi connectivity index (χ2n) is 4.59. The van der Waals surface area contributed by atoms with Gasteiger partial charge in [0.25, 0.3) is 0 Å². The van der Waals surface area contributed by atoms with Crippen molar-refractivity contribution >= 4 is 13.0 Å². The van der Waals surface area contributed by atoms with Gasteiger partial charge in [-0.2, -0.15) is 0 Å². The van der Waals surface area contributed by atoms with E-state index in [-0.39, 0.29) is 0 Å². The quantitative estimate of drug-likeness (QED) is 0.341. The van der Waals surface area contributed by atoms with Crippen LogP contribution in [0.25, 0.3) is 0 Å². The Morgan fingerprint density at radius 1 is 0.733 bits per heavy atom. The molecule has 0 aliphatic heterocycles. The summed E-state index contributed by atoms with van der Waals surface area (Å²) in [7, 11) is 5.79. The van der Waals surface area contributed by atoms with Gasteiger partial charge in [-0.05, 0) is 0 Å². The molecule has 0 saturated heterocycles. The summed E-state index contributed by atoms with van der Waals surface area (Å²) < 4.78 is 0. The Labute approximate surface area is 97.9 Å². The molecule has 87 valence electrons. The van der Waals surface area contributed by atoms with Gasteiger partial charge in [0, 0.05) is 0 Å². The zero-order valence-electron chi connectivity index (χ0n) is 10.9. The molecule has 0 aromatic carbocycles. The van der Waals surface area contributed by atoms with E-state index in [4.69, 9.17) is 7.49 Å². The third kappa shape index (κ3) is 11.9. The fourth-order valence-electron chi connectivity index (χ4n) is 1.84. The maximum absolute atomic E-state index is 5.79. The van der Waals surface area contributed by atoms with Crippen molar-refractivity contribution in [1.82, 2.24) is 0 Å². The van der Waals surface area contributed by atoms with Crippen molar-refractivity contribution in [3.05, 3.63) is 0 Å². The molecule has 0 saturated carbocycles. The van der Waals surface area contributed by atoms with Crippen LogP contribution < -0.4 is 0 Å². The van der Waals surface area contributed by atoms with E-state index in [1.54, 1.807) is 0 Å². The van der Waals surface area contributed by atoms with Crippen LogP contribution in [0.5, 0.6) is 0 Å². The minimum absolute atomic E-state index is 1.05. The van der Waals surface area contributed by atoms with Gasteiger partial charge >= 0.3 is 97.4 Å². The predicted molar refractivity (Wildman–Crippen MR) is 72.9 cm³/mol. The Kier molecular flexibility index (Phi) is 12.0. The van der Waals surface area contributed by atoms with E-state index in [0.29, 0.717) is 0 Å². The molecule has 0 amide bonds. The van der Waals surface area contributed by atoms with Crippen molar-refractivity contribution in [3.63, 3.8) is 0 Å². The normalized spacial score (nSPS) is 10.5. The monoisotopic (exact) mass is 207 g/mol. The summed E-state index contributed by atoms with van der Waals surface area (Å²) >= 11 is 0. The second-order valence-corrected chi connectivity index (χ2v) is 4.59.